The first-order valence-corrected chi connectivity index (χ1v) is 7.05. The van der Waals surface area contributed by atoms with Gasteiger partial charge in [0.15, 0.2) is 0 Å². The number of hydrogen-bond acceptors (Lipinski definition) is 3. The van der Waals surface area contributed by atoms with Crippen molar-refractivity contribution in [1.82, 2.24) is 20.1 Å². The van der Waals surface area contributed by atoms with Crippen LogP contribution < -0.4 is 5.32 Å². The van der Waals surface area contributed by atoms with E-state index in [0.717, 1.165) is 15.9 Å². The van der Waals surface area contributed by atoms with Crippen LogP contribution in [0.5, 0.6) is 0 Å². The van der Waals surface area contributed by atoms with Gasteiger partial charge in [-0.05, 0) is 36.6 Å². The molecule has 2 aromatic rings. The lowest BCUT2D eigenvalue weighted by Gasteiger charge is -2.07. The summed E-state index contributed by atoms with van der Waals surface area (Å²) < 4.78 is 15.9. The first-order chi connectivity index (χ1) is 9.20. The largest absolute Gasteiger partial charge is 0.307 e. The van der Waals surface area contributed by atoms with E-state index >= 15 is 0 Å². The molecule has 0 bridgehead atoms. The van der Waals surface area contributed by atoms with Crippen LogP contribution in [0.2, 0.25) is 0 Å². The molecule has 1 heterocycles. The van der Waals surface area contributed by atoms with Crippen molar-refractivity contribution in [1.29, 1.82) is 0 Å². The lowest BCUT2D eigenvalue weighted by Crippen LogP contribution is -2.19. The fourth-order valence-corrected chi connectivity index (χ4v) is 2.47. The minimum absolute atomic E-state index is 0.248. The van der Waals surface area contributed by atoms with Gasteiger partial charge in [-0.3, -0.25) is 0 Å². The van der Waals surface area contributed by atoms with E-state index in [1.165, 1.54) is 31.3 Å². The Bertz CT molecular complexity index is 560. The summed E-state index contributed by atoms with van der Waals surface area (Å²) >= 11 is 3.30. The van der Waals surface area contributed by atoms with E-state index in [9.17, 15) is 4.39 Å². The minimum atomic E-state index is -0.248. The van der Waals surface area contributed by atoms with Crippen LogP contribution in [0.4, 0.5) is 4.39 Å². The molecule has 1 aliphatic carbocycles. The van der Waals surface area contributed by atoms with Gasteiger partial charge in [-0.1, -0.05) is 15.9 Å². The highest BCUT2D eigenvalue weighted by atomic mass is 79.9. The lowest BCUT2D eigenvalue weighted by molar-refractivity contribution is 0.578. The summed E-state index contributed by atoms with van der Waals surface area (Å²) in [5.74, 6) is 0.634. The number of nitrogens with one attached hydrogen (secondary N) is 1. The van der Waals surface area contributed by atoms with Gasteiger partial charge in [-0.2, -0.15) is 5.10 Å². The summed E-state index contributed by atoms with van der Waals surface area (Å²) in [5, 5.41) is 7.60. The fourth-order valence-electron chi connectivity index (χ4n) is 1.96. The van der Waals surface area contributed by atoms with Crippen molar-refractivity contribution in [3.63, 3.8) is 0 Å². The molecule has 0 saturated heterocycles. The number of benzene rings is 1. The molecule has 0 aliphatic heterocycles. The van der Waals surface area contributed by atoms with E-state index in [1.54, 1.807) is 4.68 Å². The molecule has 1 saturated carbocycles. The van der Waals surface area contributed by atoms with Crippen LogP contribution >= 0.6 is 15.9 Å². The predicted octanol–water partition coefficient (Wildman–Crippen LogP) is 2.48. The van der Waals surface area contributed by atoms with Crippen molar-refractivity contribution in [3.05, 3.63) is 46.2 Å². The lowest BCUT2D eigenvalue weighted by atomic mass is 10.2. The topological polar surface area (TPSA) is 42.7 Å². The Morgan fingerprint density at radius 1 is 1.37 bits per heavy atom. The fraction of sp³-hybridized carbons (Fsp3) is 0.385. The van der Waals surface area contributed by atoms with Crippen molar-refractivity contribution in [2.24, 2.45) is 0 Å². The van der Waals surface area contributed by atoms with Crippen molar-refractivity contribution < 1.29 is 4.39 Å². The molecule has 3 rings (SSSR count). The van der Waals surface area contributed by atoms with Crippen LogP contribution in [-0.4, -0.2) is 20.8 Å². The molecule has 0 spiro atoms. The smallest absolute Gasteiger partial charge is 0.141 e. The quantitative estimate of drug-likeness (QED) is 0.918. The maximum atomic E-state index is 13.3. The Morgan fingerprint density at radius 3 is 2.95 bits per heavy atom. The van der Waals surface area contributed by atoms with E-state index in [0.29, 0.717) is 19.1 Å². The third kappa shape index (κ3) is 3.39. The second-order valence-corrected chi connectivity index (χ2v) is 5.68. The Labute approximate surface area is 119 Å². The average molecular weight is 325 g/mol. The second kappa shape index (κ2) is 5.38. The molecule has 0 unspecified atom stereocenters. The summed E-state index contributed by atoms with van der Waals surface area (Å²) in [6.45, 7) is 1.24. The zero-order valence-corrected chi connectivity index (χ0v) is 11.9. The van der Waals surface area contributed by atoms with E-state index < -0.39 is 0 Å². The Balaban J connectivity index is 1.72. The van der Waals surface area contributed by atoms with Gasteiger partial charge in [-0.25, -0.2) is 14.1 Å². The Hall–Kier alpha value is -1.27. The molecule has 1 aliphatic rings. The second-order valence-electron chi connectivity index (χ2n) is 4.77. The molecular weight excluding hydrogens is 311 g/mol. The number of nitrogens with zero attached hydrogens (tertiary/aromatic N) is 3. The summed E-state index contributed by atoms with van der Waals surface area (Å²) in [6.07, 6.45) is 4.02. The van der Waals surface area contributed by atoms with Crippen LogP contribution in [0.15, 0.2) is 29.0 Å². The molecule has 0 atom stereocenters. The SMILES string of the molecule is Fc1cc(Br)cc(Cn2ncnc2CNC2CC2)c1. The molecule has 1 N–H and O–H groups in total. The van der Waals surface area contributed by atoms with Gasteiger partial charge in [0.2, 0.25) is 0 Å². The van der Waals surface area contributed by atoms with Gasteiger partial charge in [-0.15, -0.1) is 0 Å². The Kier molecular flexibility index (Phi) is 3.61. The van der Waals surface area contributed by atoms with Gasteiger partial charge < -0.3 is 5.32 Å². The molecule has 4 nitrogen and oxygen atoms in total. The molecule has 1 fully saturated rings. The molecule has 1 aromatic heterocycles. The first kappa shape index (κ1) is 12.7. The highest BCUT2D eigenvalue weighted by molar-refractivity contribution is 9.10. The van der Waals surface area contributed by atoms with Crippen molar-refractivity contribution in [2.45, 2.75) is 32.0 Å². The highest BCUT2D eigenvalue weighted by Gasteiger charge is 2.21. The van der Waals surface area contributed by atoms with E-state index in [-0.39, 0.29) is 5.82 Å². The van der Waals surface area contributed by atoms with E-state index in [1.807, 2.05) is 6.07 Å². The molecule has 19 heavy (non-hydrogen) atoms. The molecular formula is C13H14BrFN4. The van der Waals surface area contributed by atoms with Crippen LogP contribution in [0.25, 0.3) is 0 Å². The van der Waals surface area contributed by atoms with Gasteiger partial charge in [0.05, 0.1) is 13.1 Å². The van der Waals surface area contributed by atoms with Crippen molar-refractivity contribution >= 4 is 15.9 Å². The standard InChI is InChI=1S/C13H14BrFN4/c14-10-3-9(4-11(15)5-10)7-19-13(17-8-18-19)6-16-12-1-2-12/h3-5,8,12,16H,1-2,6-7H2. The summed E-state index contributed by atoms with van der Waals surface area (Å²) in [6, 6.07) is 5.49. The number of halogens is 2. The Morgan fingerprint density at radius 2 is 2.21 bits per heavy atom. The van der Waals surface area contributed by atoms with Crippen molar-refractivity contribution in [2.75, 3.05) is 0 Å². The van der Waals surface area contributed by atoms with Crippen LogP contribution in [-0.2, 0) is 13.1 Å². The van der Waals surface area contributed by atoms with Gasteiger partial charge in [0, 0.05) is 10.5 Å². The summed E-state index contributed by atoms with van der Waals surface area (Å²) in [5.41, 5.74) is 0.866. The van der Waals surface area contributed by atoms with E-state index in [2.05, 4.69) is 31.3 Å². The molecule has 0 amide bonds. The molecule has 0 radical (unpaired) electrons. The summed E-state index contributed by atoms with van der Waals surface area (Å²) in [4.78, 5) is 4.24. The van der Waals surface area contributed by atoms with Crippen LogP contribution in [0, 0.1) is 5.82 Å². The van der Waals surface area contributed by atoms with E-state index in [4.69, 9.17) is 0 Å². The number of hydrogen-bond donors (Lipinski definition) is 1. The minimum Gasteiger partial charge on any atom is -0.307 e. The zero-order chi connectivity index (χ0) is 13.2. The highest BCUT2D eigenvalue weighted by Crippen LogP contribution is 2.19. The van der Waals surface area contributed by atoms with Crippen LogP contribution in [0.1, 0.15) is 24.2 Å². The number of rotatable bonds is 5. The normalized spacial score (nSPS) is 14.8. The molecule has 6 heteroatoms. The molecule has 100 valence electrons. The third-order valence-electron chi connectivity index (χ3n) is 3.08. The van der Waals surface area contributed by atoms with Gasteiger partial charge in [0.25, 0.3) is 0 Å². The maximum Gasteiger partial charge on any atom is 0.141 e. The third-order valence-corrected chi connectivity index (χ3v) is 3.53. The van der Waals surface area contributed by atoms with Crippen molar-refractivity contribution in [3.8, 4) is 0 Å². The summed E-state index contributed by atoms with van der Waals surface area (Å²) in [7, 11) is 0. The maximum absolute atomic E-state index is 13.3. The number of aromatic nitrogens is 3. The monoisotopic (exact) mass is 324 g/mol. The van der Waals surface area contributed by atoms with Gasteiger partial charge >= 0.3 is 0 Å². The van der Waals surface area contributed by atoms with Gasteiger partial charge in [0.1, 0.15) is 18.0 Å². The zero-order valence-electron chi connectivity index (χ0n) is 10.3. The first-order valence-electron chi connectivity index (χ1n) is 6.26. The average Bonchev–Trinajstić information content (AvgIpc) is 3.07. The predicted molar refractivity (Wildman–Crippen MR) is 73.1 cm³/mol. The molecule has 1 aromatic carbocycles. The van der Waals surface area contributed by atoms with Crippen LogP contribution in [0.3, 0.4) is 0 Å².